The standard InChI is InChI=1S/C26H34N6O4.C23H36N6O5/c1-4-7-18(5-2)19-8-10-20(11-9-19)25(34)30-26-28-23(31-12-14-35-15-13-31)22-24(29-26)32(17-27-22)16-21(33)36-6-3;1-6-8-9-10-29(22(31)34-23(3,4)5)21-25-19(27-11-13-32-14-12-27)18-20(26-21)28(16-24-18)15-17(30)33-7-2/h8-11,17-18H,4-7,12-16H2,1-3H3,(H,28,29,30,34);16H,6-15H2,1-5H3. The number of hydrogen-bond donors (Lipinski definition) is 1. The number of rotatable bonds is 19. The summed E-state index contributed by atoms with van der Waals surface area (Å²) in [7, 11) is 0. The average Bonchev–Trinajstić information content (AvgIpc) is 3.95. The highest BCUT2D eigenvalue weighted by Crippen LogP contribution is 2.30. The van der Waals surface area contributed by atoms with Crippen molar-refractivity contribution in [2.75, 3.05) is 92.4 Å². The SMILES string of the molecule is CCCC(CC)c1ccc(C(=O)Nc2nc(N3CCOCC3)c3ncn(CC(=O)OCC)c3n2)cc1.CCCCCN(C(=O)OC(C)(C)C)c1nc(N2CCOCC2)c2ncn(CC(=O)OCC)c2n1. The van der Waals surface area contributed by atoms with Crippen molar-refractivity contribution in [2.45, 2.75) is 119 Å². The molecule has 0 saturated carbocycles. The number of morpholine rings is 2. The number of benzene rings is 1. The fourth-order valence-corrected chi connectivity index (χ4v) is 8.08. The van der Waals surface area contributed by atoms with Crippen LogP contribution in [0, 0.1) is 0 Å². The number of amides is 2. The van der Waals surface area contributed by atoms with Crippen LogP contribution in [0.2, 0.25) is 0 Å². The molecular weight excluding hydrogens is 901 g/mol. The molecule has 0 aliphatic carbocycles. The number of anilines is 4. The highest BCUT2D eigenvalue weighted by Gasteiger charge is 2.29. The maximum atomic E-state index is 13.2. The van der Waals surface area contributed by atoms with Crippen molar-refractivity contribution >= 4 is 69.8 Å². The molecule has 0 radical (unpaired) electrons. The second kappa shape index (κ2) is 25.4. The molecule has 2 saturated heterocycles. The molecule has 5 aromatic rings. The number of hydrogen-bond acceptors (Lipinski definition) is 17. The Balaban J connectivity index is 0.000000230. The zero-order valence-corrected chi connectivity index (χ0v) is 42.1. The first kappa shape index (κ1) is 52.9. The van der Waals surface area contributed by atoms with Crippen LogP contribution in [-0.4, -0.2) is 141 Å². The van der Waals surface area contributed by atoms with Gasteiger partial charge in [0.2, 0.25) is 11.9 Å². The van der Waals surface area contributed by atoms with E-state index in [1.165, 1.54) is 10.5 Å². The number of ether oxygens (including phenoxy) is 5. The van der Waals surface area contributed by atoms with Gasteiger partial charge in [0.1, 0.15) is 18.7 Å². The minimum atomic E-state index is -0.664. The lowest BCUT2D eigenvalue weighted by Gasteiger charge is -2.30. The van der Waals surface area contributed by atoms with Gasteiger partial charge in [-0.3, -0.25) is 19.7 Å². The summed E-state index contributed by atoms with van der Waals surface area (Å²) in [5, 5.41) is 2.84. The van der Waals surface area contributed by atoms with Crippen molar-refractivity contribution in [3.05, 3.63) is 48.0 Å². The Morgan fingerprint density at radius 3 is 1.76 bits per heavy atom. The van der Waals surface area contributed by atoms with Crippen molar-refractivity contribution in [1.29, 1.82) is 0 Å². The predicted octanol–water partition coefficient (Wildman–Crippen LogP) is 6.93. The fourth-order valence-electron chi connectivity index (χ4n) is 8.08. The zero-order valence-electron chi connectivity index (χ0n) is 42.1. The van der Waals surface area contributed by atoms with E-state index in [1.807, 2.05) is 45.0 Å². The predicted molar refractivity (Wildman–Crippen MR) is 265 cm³/mol. The van der Waals surface area contributed by atoms with Crippen LogP contribution >= 0.6 is 0 Å². The quantitative estimate of drug-likeness (QED) is 0.0503. The van der Waals surface area contributed by atoms with Gasteiger partial charge in [0.15, 0.2) is 34.0 Å². The third-order valence-electron chi connectivity index (χ3n) is 11.6. The van der Waals surface area contributed by atoms with Gasteiger partial charge >= 0.3 is 18.0 Å². The number of esters is 2. The van der Waals surface area contributed by atoms with E-state index in [0.717, 1.165) is 38.5 Å². The van der Waals surface area contributed by atoms with Gasteiger partial charge in [0.05, 0.1) is 52.3 Å². The Bertz CT molecular complexity index is 2510. The molecule has 7 rings (SSSR count). The molecule has 21 heteroatoms. The summed E-state index contributed by atoms with van der Waals surface area (Å²) in [5.74, 6) is 1.01. The van der Waals surface area contributed by atoms with E-state index in [0.29, 0.717) is 105 Å². The smallest absolute Gasteiger partial charge is 0.417 e. The zero-order chi connectivity index (χ0) is 50.2. The van der Waals surface area contributed by atoms with E-state index in [9.17, 15) is 19.2 Å². The van der Waals surface area contributed by atoms with Crippen LogP contribution in [0.4, 0.5) is 28.3 Å². The van der Waals surface area contributed by atoms with Crippen LogP contribution in [0.15, 0.2) is 36.9 Å². The summed E-state index contributed by atoms with van der Waals surface area (Å²) >= 11 is 0. The van der Waals surface area contributed by atoms with Crippen LogP contribution in [0.1, 0.15) is 116 Å². The molecule has 70 heavy (non-hydrogen) atoms. The average molecular weight is 971 g/mol. The molecule has 6 heterocycles. The van der Waals surface area contributed by atoms with Gasteiger partial charge in [0, 0.05) is 38.3 Å². The molecule has 0 bridgehead atoms. The van der Waals surface area contributed by atoms with E-state index >= 15 is 0 Å². The van der Waals surface area contributed by atoms with E-state index in [1.54, 1.807) is 35.6 Å². The summed E-state index contributed by atoms with van der Waals surface area (Å²) in [5.41, 5.74) is 3.15. The van der Waals surface area contributed by atoms with Gasteiger partial charge in [-0.1, -0.05) is 52.2 Å². The van der Waals surface area contributed by atoms with E-state index in [4.69, 9.17) is 28.7 Å². The van der Waals surface area contributed by atoms with Crippen LogP contribution in [-0.2, 0) is 46.4 Å². The van der Waals surface area contributed by atoms with Crippen molar-refractivity contribution < 1.29 is 42.9 Å². The monoisotopic (exact) mass is 971 g/mol. The molecule has 380 valence electrons. The maximum Gasteiger partial charge on any atom is 0.417 e. The van der Waals surface area contributed by atoms with Crippen LogP contribution in [0.25, 0.3) is 22.3 Å². The second-order valence-electron chi connectivity index (χ2n) is 17.9. The summed E-state index contributed by atoms with van der Waals surface area (Å²) in [6.45, 7) is 21.2. The lowest BCUT2D eigenvalue weighted by Crippen LogP contribution is -2.40. The summed E-state index contributed by atoms with van der Waals surface area (Å²) in [4.78, 5) is 83.7. The highest BCUT2D eigenvalue weighted by atomic mass is 16.6. The van der Waals surface area contributed by atoms with E-state index < -0.39 is 11.7 Å². The lowest BCUT2D eigenvalue weighted by atomic mass is 9.91. The Labute approximate surface area is 409 Å². The Hall–Kier alpha value is -6.48. The van der Waals surface area contributed by atoms with Gasteiger partial charge in [-0.25, -0.2) is 19.7 Å². The van der Waals surface area contributed by atoms with Gasteiger partial charge in [-0.05, 0) is 77.5 Å². The summed E-state index contributed by atoms with van der Waals surface area (Å²) < 4.78 is 30.1. The molecule has 21 nitrogen and oxygen atoms in total. The van der Waals surface area contributed by atoms with E-state index in [2.05, 4.69) is 60.8 Å². The Morgan fingerprint density at radius 1 is 0.714 bits per heavy atom. The molecule has 2 aliphatic heterocycles. The fraction of sp³-hybridized carbons (Fsp3) is 0.592. The molecule has 2 fully saturated rings. The highest BCUT2D eigenvalue weighted by molar-refractivity contribution is 6.04. The summed E-state index contributed by atoms with van der Waals surface area (Å²) in [6, 6.07) is 7.73. The second-order valence-corrected chi connectivity index (χ2v) is 17.9. The molecule has 1 atom stereocenters. The molecule has 1 aromatic carbocycles. The molecule has 0 spiro atoms. The number of carbonyl (C=O) groups excluding carboxylic acids is 4. The number of nitrogens with zero attached hydrogens (tertiary/aromatic N) is 11. The van der Waals surface area contributed by atoms with E-state index in [-0.39, 0.29) is 56.0 Å². The Morgan fingerprint density at radius 2 is 1.26 bits per heavy atom. The number of carbonyl (C=O) groups is 4. The number of unbranched alkanes of at least 4 members (excludes halogenated alkanes) is 2. The Kier molecular flexibility index (Phi) is 19.2. The molecule has 1 unspecified atom stereocenters. The number of nitrogens with one attached hydrogen (secondary N) is 1. The molecule has 2 aliphatic rings. The first-order chi connectivity index (χ1) is 33.8. The molecule has 2 amide bonds. The van der Waals surface area contributed by atoms with Crippen LogP contribution in [0.3, 0.4) is 0 Å². The number of imidazole rings is 2. The minimum absolute atomic E-state index is 0.0326. The third-order valence-corrected chi connectivity index (χ3v) is 11.6. The van der Waals surface area contributed by atoms with Gasteiger partial charge in [-0.2, -0.15) is 19.9 Å². The van der Waals surface area contributed by atoms with Gasteiger partial charge in [-0.15, -0.1) is 0 Å². The maximum absolute atomic E-state index is 13.2. The molecular formula is C49H70N12O9. The van der Waals surface area contributed by atoms with Crippen molar-refractivity contribution in [3.63, 3.8) is 0 Å². The first-order valence-corrected chi connectivity index (χ1v) is 24.6. The van der Waals surface area contributed by atoms with Gasteiger partial charge in [0.25, 0.3) is 5.91 Å². The minimum Gasteiger partial charge on any atom is -0.465 e. The first-order valence-electron chi connectivity index (χ1n) is 24.6. The number of fused-ring (bicyclic) bond motifs is 2. The summed E-state index contributed by atoms with van der Waals surface area (Å²) in [6.07, 6.45) is 8.66. The number of aromatic nitrogens is 8. The molecule has 4 aromatic heterocycles. The van der Waals surface area contributed by atoms with Crippen LogP contribution in [0.5, 0.6) is 0 Å². The normalized spacial score (nSPS) is 14.5. The topological polar surface area (TPSA) is 223 Å². The van der Waals surface area contributed by atoms with Crippen molar-refractivity contribution in [1.82, 2.24) is 39.0 Å². The van der Waals surface area contributed by atoms with Crippen LogP contribution < -0.4 is 20.0 Å². The largest absolute Gasteiger partial charge is 0.465 e. The van der Waals surface area contributed by atoms with Gasteiger partial charge < -0.3 is 42.6 Å². The van der Waals surface area contributed by atoms with Crippen molar-refractivity contribution in [2.24, 2.45) is 0 Å². The van der Waals surface area contributed by atoms with Crippen molar-refractivity contribution in [3.8, 4) is 0 Å². The lowest BCUT2D eigenvalue weighted by molar-refractivity contribution is -0.144. The molecule has 1 N–H and O–H groups in total. The third kappa shape index (κ3) is 14.1.